The molecule has 0 spiro atoms. The van der Waals surface area contributed by atoms with Crippen molar-refractivity contribution in [2.24, 2.45) is 5.92 Å². The number of piperidine rings is 1. The molecule has 1 heterocycles. The van der Waals surface area contributed by atoms with Crippen molar-refractivity contribution in [3.05, 3.63) is 0 Å². The van der Waals surface area contributed by atoms with Crippen LogP contribution < -0.4 is 10.6 Å². The smallest absolute Gasteiger partial charge is 0.223 e. The van der Waals surface area contributed by atoms with Gasteiger partial charge in [-0.3, -0.25) is 4.79 Å². The van der Waals surface area contributed by atoms with Gasteiger partial charge in [0.05, 0.1) is 0 Å². The van der Waals surface area contributed by atoms with Gasteiger partial charge in [0.15, 0.2) is 0 Å². The Morgan fingerprint density at radius 1 is 1.64 bits per heavy atom. The lowest BCUT2D eigenvalue weighted by Crippen LogP contribution is -2.42. The Kier molecular flexibility index (Phi) is 5.33. The third kappa shape index (κ3) is 3.88. The van der Waals surface area contributed by atoms with Crippen LogP contribution in [0.4, 0.5) is 0 Å². The molecular weight excluding hydrogens is 196 g/mol. The minimum atomic E-state index is 0.230. The van der Waals surface area contributed by atoms with E-state index in [1.807, 2.05) is 0 Å². The molecule has 2 N–H and O–H groups in total. The number of rotatable bonds is 4. The van der Waals surface area contributed by atoms with Crippen molar-refractivity contribution in [2.45, 2.75) is 25.8 Å². The van der Waals surface area contributed by atoms with Crippen LogP contribution in [0.15, 0.2) is 0 Å². The van der Waals surface area contributed by atoms with Gasteiger partial charge in [-0.1, -0.05) is 0 Å². The molecule has 0 radical (unpaired) electrons. The number of nitrogens with one attached hydrogen (secondary N) is 2. The van der Waals surface area contributed by atoms with Gasteiger partial charge < -0.3 is 10.6 Å². The highest BCUT2D eigenvalue weighted by atomic mass is 32.2. The summed E-state index contributed by atoms with van der Waals surface area (Å²) in [7, 11) is 0. The Labute approximate surface area is 90.4 Å². The third-order valence-electron chi connectivity index (χ3n) is 2.60. The van der Waals surface area contributed by atoms with Crippen LogP contribution in [0.1, 0.15) is 19.8 Å². The molecule has 2 atom stereocenters. The predicted molar refractivity (Wildman–Crippen MR) is 61.6 cm³/mol. The van der Waals surface area contributed by atoms with Gasteiger partial charge in [-0.2, -0.15) is 11.8 Å². The molecular formula is C10H20N2OS. The first-order chi connectivity index (χ1) is 6.74. The summed E-state index contributed by atoms with van der Waals surface area (Å²) in [5, 5.41) is 6.34. The summed E-state index contributed by atoms with van der Waals surface area (Å²) in [6, 6.07) is 0.486. The van der Waals surface area contributed by atoms with Crippen molar-refractivity contribution in [1.82, 2.24) is 10.6 Å². The molecule has 4 heteroatoms. The van der Waals surface area contributed by atoms with E-state index in [1.54, 1.807) is 11.8 Å². The van der Waals surface area contributed by atoms with Crippen LogP contribution in [0.25, 0.3) is 0 Å². The van der Waals surface area contributed by atoms with E-state index in [9.17, 15) is 4.79 Å². The summed E-state index contributed by atoms with van der Waals surface area (Å²) in [5.74, 6) is 1.48. The van der Waals surface area contributed by atoms with Crippen LogP contribution >= 0.6 is 11.8 Å². The van der Waals surface area contributed by atoms with Crippen LogP contribution in [0.2, 0.25) is 0 Å². The molecule has 14 heavy (non-hydrogen) atoms. The van der Waals surface area contributed by atoms with Crippen molar-refractivity contribution in [3.63, 3.8) is 0 Å². The van der Waals surface area contributed by atoms with Crippen molar-refractivity contribution >= 4 is 17.7 Å². The molecule has 0 aliphatic carbocycles. The van der Waals surface area contributed by atoms with Crippen molar-refractivity contribution in [3.8, 4) is 0 Å². The summed E-state index contributed by atoms with van der Waals surface area (Å²) in [6.45, 7) is 3.92. The lowest BCUT2D eigenvalue weighted by molar-refractivity contribution is -0.125. The van der Waals surface area contributed by atoms with Gasteiger partial charge >= 0.3 is 0 Å². The van der Waals surface area contributed by atoms with E-state index in [-0.39, 0.29) is 11.8 Å². The maximum atomic E-state index is 11.7. The molecule has 1 fully saturated rings. The largest absolute Gasteiger partial charge is 0.355 e. The zero-order valence-corrected chi connectivity index (χ0v) is 9.82. The number of hydrogen-bond acceptors (Lipinski definition) is 3. The molecule has 3 nitrogen and oxygen atoms in total. The summed E-state index contributed by atoms with van der Waals surface area (Å²) in [5.41, 5.74) is 0. The van der Waals surface area contributed by atoms with Gasteiger partial charge in [0.25, 0.3) is 0 Å². The lowest BCUT2D eigenvalue weighted by Gasteiger charge is -2.27. The average molecular weight is 216 g/mol. The van der Waals surface area contributed by atoms with Crippen LogP contribution in [-0.2, 0) is 4.79 Å². The van der Waals surface area contributed by atoms with E-state index in [4.69, 9.17) is 0 Å². The summed E-state index contributed by atoms with van der Waals surface area (Å²) >= 11 is 1.76. The van der Waals surface area contributed by atoms with E-state index < -0.39 is 0 Å². The SMILES string of the molecule is CSCCNC(=O)C1CCNC(C)C1. The molecule has 82 valence electrons. The Hall–Kier alpha value is -0.220. The topological polar surface area (TPSA) is 41.1 Å². The molecule has 2 unspecified atom stereocenters. The number of carbonyl (C=O) groups excluding carboxylic acids is 1. The second-order valence-electron chi connectivity index (χ2n) is 3.86. The molecule has 0 aromatic rings. The summed E-state index contributed by atoms with van der Waals surface area (Å²) in [4.78, 5) is 11.7. The number of carbonyl (C=O) groups is 1. The highest BCUT2D eigenvalue weighted by Gasteiger charge is 2.23. The van der Waals surface area contributed by atoms with Crippen molar-refractivity contribution in [2.75, 3.05) is 25.1 Å². The van der Waals surface area contributed by atoms with Crippen molar-refractivity contribution in [1.29, 1.82) is 0 Å². The Bertz CT molecular complexity index is 187. The van der Waals surface area contributed by atoms with Gasteiger partial charge in [0, 0.05) is 24.3 Å². The number of amides is 1. The first-order valence-corrected chi connectivity index (χ1v) is 6.63. The Balaban J connectivity index is 2.22. The minimum absolute atomic E-state index is 0.230. The first kappa shape index (κ1) is 11.9. The van der Waals surface area contributed by atoms with Gasteiger partial charge in [-0.15, -0.1) is 0 Å². The lowest BCUT2D eigenvalue weighted by atomic mass is 9.92. The highest BCUT2D eigenvalue weighted by molar-refractivity contribution is 7.98. The van der Waals surface area contributed by atoms with E-state index in [2.05, 4.69) is 23.8 Å². The standard InChI is InChI=1S/C10H20N2OS/c1-8-7-9(3-4-11-8)10(13)12-5-6-14-2/h8-9,11H,3-7H2,1-2H3,(H,12,13). The minimum Gasteiger partial charge on any atom is -0.355 e. The third-order valence-corrected chi connectivity index (χ3v) is 3.21. The molecule has 1 rings (SSSR count). The summed E-state index contributed by atoms with van der Waals surface area (Å²) in [6.07, 6.45) is 4.01. The summed E-state index contributed by atoms with van der Waals surface area (Å²) < 4.78 is 0. The highest BCUT2D eigenvalue weighted by Crippen LogP contribution is 2.15. The van der Waals surface area contributed by atoms with Gasteiger partial charge in [-0.05, 0) is 32.6 Å². The maximum absolute atomic E-state index is 11.7. The quantitative estimate of drug-likeness (QED) is 0.685. The first-order valence-electron chi connectivity index (χ1n) is 5.24. The Morgan fingerprint density at radius 2 is 2.43 bits per heavy atom. The van der Waals surface area contributed by atoms with Gasteiger partial charge in [-0.25, -0.2) is 0 Å². The second-order valence-corrected chi connectivity index (χ2v) is 4.85. The fourth-order valence-corrected chi connectivity index (χ4v) is 2.10. The average Bonchev–Trinajstić information content (AvgIpc) is 2.18. The Morgan fingerprint density at radius 3 is 3.07 bits per heavy atom. The number of hydrogen-bond donors (Lipinski definition) is 2. The molecule has 1 amide bonds. The molecule has 1 aliphatic heterocycles. The zero-order chi connectivity index (χ0) is 10.4. The molecule has 1 aliphatic rings. The van der Waals surface area contributed by atoms with Gasteiger partial charge in [0.2, 0.25) is 5.91 Å². The van der Waals surface area contributed by atoms with E-state index in [0.717, 1.165) is 31.7 Å². The van der Waals surface area contributed by atoms with E-state index in [1.165, 1.54) is 0 Å². The fraction of sp³-hybridized carbons (Fsp3) is 0.900. The van der Waals surface area contributed by atoms with Gasteiger partial charge in [0.1, 0.15) is 0 Å². The van der Waals surface area contributed by atoms with E-state index in [0.29, 0.717) is 6.04 Å². The van der Waals surface area contributed by atoms with Crippen LogP contribution in [0.3, 0.4) is 0 Å². The van der Waals surface area contributed by atoms with Crippen LogP contribution in [0, 0.1) is 5.92 Å². The number of thioether (sulfide) groups is 1. The monoisotopic (exact) mass is 216 g/mol. The molecule has 0 aromatic heterocycles. The fourth-order valence-electron chi connectivity index (χ4n) is 1.79. The molecule has 1 saturated heterocycles. The van der Waals surface area contributed by atoms with Crippen LogP contribution in [0.5, 0.6) is 0 Å². The van der Waals surface area contributed by atoms with Crippen LogP contribution in [-0.4, -0.2) is 37.0 Å². The zero-order valence-electron chi connectivity index (χ0n) is 9.01. The normalized spacial score (nSPS) is 27.3. The molecule has 0 bridgehead atoms. The maximum Gasteiger partial charge on any atom is 0.223 e. The predicted octanol–water partition coefficient (Wildman–Crippen LogP) is 0.854. The van der Waals surface area contributed by atoms with Crippen molar-refractivity contribution < 1.29 is 4.79 Å². The molecule has 0 saturated carbocycles. The molecule has 0 aromatic carbocycles. The van der Waals surface area contributed by atoms with E-state index >= 15 is 0 Å². The second kappa shape index (κ2) is 6.30.